The van der Waals surface area contributed by atoms with Crippen LogP contribution < -0.4 is 0 Å². The van der Waals surface area contributed by atoms with Gasteiger partial charge in [-0.25, -0.2) is 8.78 Å². The number of hydrogen-bond donors (Lipinski definition) is 1. The summed E-state index contributed by atoms with van der Waals surface area (Å²) >= 11 is 0. The van der Waals surface area contributed by atoms with E-state index >= 15 is 0 Å². The Hall–Kier alpha value is -0.750. The van der Waals surface area contributed by atoms with Crippen LogP contribution in [-0.2, 0) is 4.79 Å². The average Bonchev–Trinajstić information content (AvgIpc) is 3.08. The highest BCUT2D eigenvalue weighted by molar-refractivity contribution is 5.79. The number of nitrogens with zero attached hydrogens (tertiary/aromatic N) is 2. The van der Waals surface area contributed by atoms with Gasteiger partial charge in [0.05, 0.1) is 12.1 Å². The maximum atomic E-state index is 13.3. The lowest BCUT2D eigenvalue weighted by molar-refractivity contribution is -0.145. The fourth-order valence-corrected chi connectivity index (χ4v) is 4.77. The fourth-order valence-electron chi connectivity index (χ4n) is 4.77. The average molecular weight is 344 g/mol. The van der Waals surface area contributed by atoms with Gasteiger partial charge in [0.1, 0.15) is 0 Å². The molecule has 0 aromatic heterocycles. The molecule has 1 N–H and O–H groups in total. The van der Waals surface area contributed by atoms with E-state index in [-0.39, 0.29) is 49.6 Å². The summed E-state index contributed by atoms with van der Waals surface area (Å²) in [7, 11) is 1.75. The van der Waals surface area contributed by atoms with Crippen molar-refractivity contribution in [2.75, 3.05) is 20.1 Å². The molecule has 0 bridgehead atoms. The fraction of sp³-hybridized carbons (Fsp3) is 0.944. The van der Waals surface area contributed by atoms with E-state index in [1.807, 2.05) is 0 Å². The maximum Gasteiger partial charge on any atom is 0.248 e. The molecule has 3 aliphatic rings. The summed E-state index contributed by atoms with van der Waals surface area (Å²) in [6.07, 6.45) is 4.74. The third kappa shape index (κ3) is 3.74. The number of amides is 1. The van der Waals surface area contributed by atoms with E-state index in [4.69, 9.17) is 0 Å². The quantitative estimate of drug-likeness (QED) is 0.856. The minimum atomic E-state index is -2.61. The summed E-state index contributed by atoms with van der Waals surface area (Å²) in [5, 5.41) is 10.8. The molecule has 24 heavy (non-hydrogen) atoms. The van der Waals surface area contributed by atoms with Gasteiger partial charge in [0, 0.05) is 31.8 Å². The molecule has 0 aromatic rings. The van der Waals surface area contributed by atoms with Crippen molar-refractivity contribution in [2.24, 2.45) is 5.92 Å². The summed E-state index contributed by atoms with van der Waals surface area (Å²) < 4.78 is 26.6. The third-order valence-corrected chi connectivity index (χ3v) is 6.31. The van der Waals surface area contributed by atoms with Crippen LogP contribution in [0.25, 0.3) is 0 Å². The summed E-state index contributed by atoms with van der Waals surface area (Å²) in [4.78, 5) is 16.8. The van der Waals surface area contributed by atoms with E-state index in [1.165, 1.54) is 12.8 Å². The number of carbonyl (C=O) groups is 1. The molecule has 1 saturated heterocycles. The molecule has 3 atom stereocenters. The van der Waals surface area contributed by atoms with E-state index in [2.05, 4.69) is 4.90 Å². The van der Waals surface area contributed by atoms with Gasteiger partial charge < -0.3 is 10.0 Å². The molecule has 1 aliphatic heterocycles. The van der Waals surface area contributed by atoms with Crippen molar-refractivity contribution in [2.45, 2.75) is 81.9 Å². The van der Waals surface area contributed by atoms with Crippen molar-refractivity contribution < 1.29 is 18.7 Å². The molecule has 3 rings (SSSR count). The van der Waals surface area contributed by atoms with Gasteiger partial charge in [-0.05, 0) is 58.0 Å². The zero-order chi connectivity index (χ0) is 17.3. The van der Waals surface area contributed by atoms with Gasteiger partial charge in [0.2, 0.25) is 11.8 Å². The predicted molar refractivity (Wildman–Crippen MR) is 87.9 cm³/mol. The number of alkyl halides is 2. The van der Waals surface area contributed by atoms with E-state index in [1.54, 1.807) is 11.9 Å². The number of halogens is 2. The number of aliphatic hydroxyl groups excluding tert-OH is 1. The van der Waals surface area contributed by atoms with E-state index in [9.17, 15) is 18.7 Å². The Bertz CT molecular complexity index is 444. The van der Waals surface area contributed by atoms with Crippen LogP contribution in [-0.4, -0.2) is 65.1 Å². The molecule has 1 amide bonds. The summed E-state index contributed by atoms with van der Waals surface area (Å²) in [6.45, 7) is 2.06. The topological polar surface area (TPSA) is 43.8 Å². The Morgan fingerprint density at radius 3 is 2.33 bits per heavy atom. The van der Waals surface area contributed by atoms with Gasteiger partial charge in [-0.15, -0.1) is 0 Å². The van der Waals surface area contributed by atoms with Crippen LogP contribution in [0.5, 0.6) is 0 Å². The normalized spacial score (nSPS) is 35.1. The van der Waals surface area contributed by atoms with Crippen LogP contribution in [0.15, 0.2) is 0 Å². The van der Waals surface area contributed by atoms with Gasteiger partial charge in [0.15, 0.2) is 0 Å². The third-order valence-electron chi connectivity index (χ3n) is 6.31. The van der Waals surface area contributed by atoms with Gasteiger partial charge in [-0.3, -0.25) is 9.69 Å². The monoisotopic (exact) mass is 344 g/mol. The lowest BCUT2D eigenvalue weighted by Gasteiger charge is -2.44. The highest BCUT2D eigenvalue weighted by Gasteiger charge is 2.42. The summed E-state index contributed by atoms with van der Waals surface area (Å²) in [5.74, 6) is -2.98. The van der Waals surface area contributed by atoms with Crippen molar-refractivity contribution in [1.29, 1.82) is 0 Å². The molecule has 2 saturated carbocycles. The second-order valence-corrected chi connectivity index (χ2v) is 7.88. The van der Waals surface area contributed by atoms with Crippen molar-refractivity contribution in [3.05, 3.63) is 0 Å². The zero-order valence-corrected chi connectivity index (χ0v) is 14.6. The molecule has 0 aromatic carbocycles. The first-order valence-electron chi connectivity index (χ1n) is 9.46. The molecule has 1 heterocycles. The first-order chi connectivity index (χ1) is 11.4. The van der Waals surface area contributed by atoms with Crippen LogP contribution in [0.1, 0.15) is 57.8 Å². The van der Waals surface area contributed by atoms with Crippen LogP contribution in [0.3, 0.4) is 0 Å². The van der Waals surface area contributed by atoms with Crippen LogP contribution >= 0.6 is 0 Å². The van der Waals surface area contributed by atoms with Crippen LogP contribution in [0, 0.1) is 5.92 Å². The first-order valence-corrected chi connectivity index (χ1v) is 9.46. The molecule has 0 radical (unpaired) electrons. The highest BCUT2D eigenvalue weighted by atomic mass is 19.3. The van der Waals surface area contributed by atoms with Gasteiger partial charge >= 0.3 is 0 Å². The molecule has 138 valence electrons. The predicted octanol–water partition coefficient (Wildman–Crippen LogP) is 2.65. The maximum absolute atomic E-state index is 13.3. The molecule has 4 nitrogen and oxygen atoms in total. The SMILES string of the molecule is CN(C(=O)C1CCC(F)(F)CC1)[C@@H]1CCC[C@@H](N2CCCC2)[C@@H]1O. The number of carbonyl (C=O) groups excluding carboxylic acids is 1. The van der Waals surface area contributed by atoms with E-state index in [0.29, 0.717) is 0 Å². The molecular formula is C18H30F2N2O2. The van der Waals surface area contributed by atoms with E-state index in [0.717, 1.165) is 32.4 Å². The molecule has 6 heteroatoms. The van der Waals surface area contributed by atoms with Crippen LogP contribution in [0.2, 0.25) is 0 Å². The Morgan fingerprint density at radius 1 is 1.08 bits per heavy atom. The Balaban J connectivity index is 1.60. The number of likely N-dealkylation sites (tertiary alicyclic amines) is 1. The summed E-state index contributed by atoms with van der Waals surface area (Å²) in [5.41, 5.74) is 0. The van der Waals surface area contributed by atoms with Gasteiger partial charge in [0.25, 0.3) is 0 Å². The zero-order valence-electron chi connectivity index (χ0n) is 14.6. The van der Waals surface area contributed by atoms with Gasteiger partial charge in [-0.2, -0.15) is 0 Å². The molecule has 2 aliphatic carbocycles. The minimum absolute atomic E-state index is 0.0587. The number of hydrogen-bond acceptors (Lipinski definition) is 3. The lowest BCUT2D eigenvalue weighted by atomic mass is 9.83. The van der Waals surface area contributed by atoms with Crippen molar-refractivity contribution in [3.63, 3.8) is 0 Å². The van der Waals surface area contributed by atoms with Gasteiger partial charge in [-0.1, -0.05) is 0 Å². The van der Waals surface area contributed by atoms with Crippen molar-refractivity contribution in [3.8, 4) is 0 Å². The Kier molecular flexibility index (Phi) is 5.45. The molecule has 0 spiro atoms. The smallest absolute Gasteiger partial charge is 0.248 e. The van der Waals surface area contributed by atoms with E-state index < -0.39 is 12.0 Å². The molecular weight excluding hydrogens is 314 g/mol. The second-order valence-electron chi connectivity index (χ2n) is 7.88. The Labute approximate surface area is 143 Å². The first kappa shape index (κ1) is 18.1. The van der Waals surface area contributed by atoms with Crippen molar-refractivity contribution in [1.82, 2.24) is 9.80 Å². The highest BCUT2D eigenvalue weighted by Crippen LogP contribution is 2.37. The molecule has 0 unspecified atom stereocenters. The number of rotatable bonds is 3. The standard InChI is InChI=1S/C18H30F2N2O2/c1-21(17(24)13-7-9-18(19,20)10-8-13)14-5-4-6-15(16(14)23)22-11-2-3-12-22/h13-16,23H,2-12H2,1H3/t14-,15-,16-/m1/s1. The minimum Gasteiger partial charge on any atom is -0.389 e. The lowest BCUT2D eigenvalue weighted by Crippen LogP contribution is -2.57. The number of likely N-dealkylation sites (N-methyl/N-ethyl adjacent to an activating group) is 1. The molecule has 3 fully saturated rings. The largest absolute Gasteiger partial charge is 0.389 e. The van der Waals surface area contributed by atoms with Crippen molar-refractivity contribution >= 4 is 5.91 Å². The number of aliphatic hydroxyl groups is 1. The van der Waals surface area contributed by atoms with Crippen LogP contribution in [0.4, 0.5) is 8.78 Å². The second kappa shape index (κ2) is 7.24. The summed E-state index contributed by atoms with van der Waals surface area (Å²) in [6, 6.07) is -0.0449. The Morgan fingerprint density at radius 2 is 1.71 bits per heavy atom.